The molecule has 2 atom stereocenters. The largest absolute Gasteiger partial charge is 0.366 e. The SMILES string of the molecule is CC1OC(C)c2c(F)cccc21. The highest BCUT2D eigenvalue weighted by Crippen LogP contribution is 2.39. The smallest absolute Gasteiger partial charge is 0.129 e. The third-order valence-corrected chi connectivity index (χ3v) is 2.34. The van der Waals surface area contributed by atoms with E-state index in [0.717, 1.165) is 11.1 Å². The Hall–Kier alpha value is -0.890. The van der Waals surface area contributed by atoms with Gasteiger partial charge in [-0.25, -0.2) is 4.39 Å². The van der Waals surface area contributed by atoms with Gasteiger partial charge in [0.25, 0.3) is 0 Å². The van der Waals surface area contributed by atoms with E-state index in [1.807, 2.05) is 19.9 Å². The average Bonchev–Trinajstić information content (AvgIpc) is 2.29. The van der Waals surface area contributed by atoms with Crippen LogP contribution in [-0.4, -0.2) is 0 Å². The second kappa shape index (κ2) is 2.56. The Morgan fingerprint density at radius 2 is 2.00 bits per heavy atom. The molecule has 2 unspecified atom stereocenters. The maximum atomic E-state index is 13.2. The van der Waals surface area contributed by atoms with E-state index in [2.05, 4.69) is 0 Å². The van der Waals surface area contributed by atoms with Crippen LogP contribution in [-0.2, 0) is 4.74 Å². The van der Waals surface area contributed by atoms with Crippen LogP contribution in [0.3, 0.4) is 0 Å². The molecule has 1 aliphatic rings. The number of benzene rings is 1. The summed E-state index contributed by atoms with van der Waals surface area (Å²) in [5.74, 6) is -0.149. The van der Waals surface area contributed by atoms with Crippen LogP contribution in [0.25, 0.3) is 0 Å². The standard InChI is InChI=1S/C10H11FO/c1-6-8-4-3-5-9(11)10(8)7(2)12-6/h3-7H,1-2H3. The van der Waals surface area contributed by atoms with Crippen LogP contribution in [0, 0.1) is 5.82 Å². The number of halogens is 1. The highest BCUT2D eigenvalue weighted by Gasteiger charge is 2.27. The summed E-state index contributed by atoms with van der Waals surface area (Å²) in [4.78, 5) is 0. The molecule has 1 nitrogen and oxygen atoms in total. The lowest BCUT2D eigenvalue weighted by Crippen LogP contribution is -1.92. The van der Waals surface area contributed by atoms with Crippen molar-refractivity contribution < 1.29 is 9.13 Å². The topological polar surface area (TPSA) is 9.23 Å². The fraction of sp³-hybridized carbons (Fsp3) is 0.400. The fourth-order valence-electron chi connectivity index (χ4n) is 1.78. The number of hydrogen-bond acceptors (Lipinski definition) is 1. The predicted molar refractivity (Wildman–Crippen MR) is 44.3 cm³/mol. The van der Waals surface area contributed by atoms with Crippen molar-refractivity contribution in [2.75, 3.05) is 0 Å². The Labute approximate surface area is 71.2 Å². The van der Waals surface area contributed by atoms with Crippen LogP contribution in [0.5, 0.6) is 0 Å². The summed E-state index contributed by atoms with van der Waals surface area (Å²) >= 11 is 0. The van der Waals surface area contributed by atoms with Crippen LogP contribution in [0.2, 0.25) is 0 Å². The van der Waals surface area contributed by atoms with E-state index < -0.39 is 0 Å². The zero-order valence-corrected chi connectivity index (χ0v) is 7.17. The van der Waals surface area contributed by atoms with Gasteiger partial charge < -0.3 is 4.74 Å². The first-order valence-corrected chi connectivity index (χ1v) is 4.14. The molecule has 0 saturated carbocycles. The molecule has 2 rings (SSSR count). The molecule has 0 amide bonds. The Morgan fingerprint density at radius 1 is 1.25 bits per heavy atom. The van der Waals surface area contributed by atoms with Gasteiger partial charge in [0.2, 0.25) is 0 Å². The summed E-state index contributed by atoms with van der Waals surface area (Å²) in [7, 11) is 0. The molecule has 0 fully saturated rings. The Kier molecular flexibility index (Phi) is 1.65. The lowest BCUT2D eigenvalue weighted by atomic mass is 10.0. The van der Waals surface area contributed by atoms with Crippen molar-refractivity contribution in [3.63, 3.8) is 0 Å². The molecule has 2 heteroatoms. The van der Waals surface area contributed by atoms with Crippen molar-refractivity contribution in [3.05, 3.63) is 35.1 Å². The summed E-state index contributed by atoms with van der Waals surface area (Å²) in [6, 6.07) is 5.13. The third kappa shape index (κ3) is 0.950. The molecule has 0 aliphatic carbocycles. The van der Waals surface area contributed by atoms with Crippen LogP contribution >= 0.6 is 0 Å². The minimum absolute atomic E-state index is 0.0331. The van der Waals surface area contributed by atoms with Crippen molar-refractivity contribution in [1.29, 1.82) is 0 Å². The lowest BCUT2D eigenvalue weighted by Gasteiger charge is -2.03. The molecule has 1 aliphatic heterocycles. The minimum Gasteiger partial charge on any atom is -0.366 e. The van der Waals surface area contributed by atoms with Crippen molar-refractivity contribution in [2.24, 2.45) is 0 Å². The molecular weight excluding hydrogens is 155 g/mol. The van der Waals surface area contributed by atoms with E-state index in [1.165, 1.54) is 6.07 Å². The lowest BCUT2D eigenvalue weighted by molar-refractivity contribution is 0.0322. The van der Waals surface area contributed by atoms with Gasteiger partial charge in [0.05, 0.1) is 12.2 Å². The van der Waals surface area contributed by atoms with Gasteiger partial charge in [-0.15, -0.1) is 0 Å². The molecule has 0 radical (unpaired) electrons. The van der Waals surface area contributed by atoms with Gasteiger partial charge in [-0.1, -0.05) is 12.1 Å². The summed E-state index contributed by atoms with van der Waals surface area (Å²) in [6.45, 7) is 3.83. The van der Waals surface area contributed by atoms with Crippen molar-refractivity contribution in [1.82, 2.24) is 0 Å². The minimum atomic E-state index is -0.149. The zero-order valence-electron chi connectivity index (χ0n) is 7.17. The van der Waals surface area contributed by atoms with E-state index in [-0.39, 0.29) is 18.0 Å². The van der Waals surface area contributed by atoms with Crippen molar-refractivity contribution in [2.45, 2.75) is 26.1 Å². The molecule has 1 heterocycles. The highest BCUT2D eigenvalue weighted by atomic mass is 19.1. The van der Waals surface area contributed by atoms with Gasteiger partial charge >= 0.3 is 0 Å². The predicted octanol–water partition coefficient (Wildman–Crippen LogP) is 2.98. The van der Waals surface area contributed by atoms with Crippen LogP contribution in [0.15, 0.2) is 18.2 Å². The third-order valence-electron chi connectivity index (χ3n) is 2.34. The molecule has 12 heavy (non-hydrogen) atoms. The van der Waals surface area contributed by atoms with Gasteiger partial charge in [-0.2, -0.15) is 0 Å². The van der Waals surface area contributed by atoms with Crippen LogP contribution in [0.1, 0.15) is 37.2 Å². The van der Waals surface area contributed by atoms with E-state index in [9.17, 15) is 4.39 Å². The molecular formula is C10H11FO. The number of hydrogen-bond donors (Lipinski definition) is 0. The van der Waals surface area contributed by atoms with Gasteiger partial charge in [0.15, 0.2) is 0 Å². The monoisotopic (exact) mass is 166 g/mol. The highest BCUT2D eigenvalue weighted by molar-refractivity contribution is 5.34. The first-order chi connectivity index (χ1) is 5.70. The van der Waals surface area contributed by atoms with E-state index in [4.69, 9.17) is 4.74 Å². The number of ether oxygens (including phenoxy) is 1. The quantitative estimate of drug-likeness (QED) is 0.575. The summed E-state index contributed by atoms with van der Waals surface area (Å²) in [5, 5.41) is 0. The molecule has 64 valence electrons. The summed E-state index contributed by atoms with van der Waals surface area (Å²) < 4.78 is 18.7. The maximum Gasteiger partial charge on any atom is 0.129 e. The molecule has 0 saturated heterocycles. The molecule has 1 aromatic rings. The Morgan fingerprint density at radius 3 is 2.67 bits per heavy atom. The second-order valence-electron chi connectivity index (χ2n) is 3.16. The number of rotatable bonds is 0. The summed E-state index contributed by atoms with van der Waals surface area (Å²) in [6.07, 6.45) is -0.0677. The van der Waals surface area contributed by atoms with E-state index >= 15 is 0 Å². The molecule has 0 spiro atoms. The van der Waals surface area contributed by atoms with E-state index in [1.54, 1.807) is 6.07 Å². The van der Waals surface area contributed by atoms with E-state index in [0.29, 0.717) is 0 Å². The van der Waals surface area contributed by atoms with Crippen LogP contribution in [0.4, 0.5) is 4.39 Å². The van der Waals surface area contributed by atoms with Gasteiger partial charge in [0.1, 0.15) is 5.82 Å². The Bertz CT molecular complexity index is 309. The summed E-state index contributed by atoms with van der Waals surface area (Å²) in [5.41, 5.74) is 1.72. The first kappa shape index (κ1) is 7.74. The molecule has 0 N–H and O–H groups in total. The maximum absolute atomic E-state index is 13.2. The average molecular weight is 166 g/mol. The molecule has 0 bridgehead atoms. The Balaban J connectivity index is 2.59. The zero-order chi connectivity index (χ0) is 8.72. The molecule has 0 aromatic heterocycles. The van der Waals surface area contributed by atoms with Crippen molar-refractivity contribution in [3.8, 4) is 0 Å². The fourth-order valence-corrected chi connectivity index (χ4v) is 1.78. The van der Waals surface area contributed by atoms with Gasteiger partial charge in [0, 0.05) is 5.56 Å². The van der Waals surface area contributed by atoms with Crippen molar-refractivity contribution >= 4 is 0 Å². The normalized spacial score (nSPS) is 27.2. The number of fused-ring (bicyclic) bond motifs is 1. The first-order valence-electron chi connectivity index (χ1n) is 4.14. The molecule has 1 aromatic carbocycles. The van der Waals surface area contributed by atoms with Gasteiger partial charge in [-0.3, -0.25) is 0 Å². The van der Waals surface area contributed by atoms with Crippen LogP contribution < -0.4 is 0 Å². The second-order valence-corrected chi connectivity index (χ2v) is 3.16. The van der Waals surface area contributed by atoms with Gasteiger partial charge in [-0.05, 0) is 25.5 Å².